The smallest absolute Gasteiger partial charge is 0.190 e. The first-order valence-corrected chi connectivity index (χ1v) is 8.28. The molecule has 0 aliphatic carbocycles. The number of anilines is 1. The van der Waals surface area contributed by atoms with Crippen LogP contribution in [0.3, 0.4) is 0 Å². The van der Waals surface area contributed by atoms with Gasteiger partial charge in [0.25, 0.3) is 0 Å². The summed E-state index contributed by atoms with van der Waals surface area (Å²) in [5.41, 5.74) is 7.28. The largest absolute Gasteiger partial charge is 0.383 e. The molecule has 0 aromatic carbocycles. The molecule has 3 aromatic heterocycles. The van der Waals surface area contributed by atoms with E-state index in [1.165, 1.54) is 5.56 Å². The average Bonchev–Trinajstić information content (AvgIpc) is 2.99. The van der Waals surface area contributed by atoms with E-state index in [0.29, 0.717) is 5.82 Å². The van der Waals surface area contributed by atoms with Gasteiger partial charge < -0.3 is 5.73 Å². The summed E-state index contributed by atoms with van der Waals surface area (Å²) in [6.45, 7) is 0. The fourth-order valence-electron chi connectivity index (χ4n) is 1.62. The number of hydrogen-bond acceptors (Lipinski definition) is 6. The van der Waals surface area contributed by atoms with Gasteiger partial charge in [-0.2, -0.15) is 11.3 Å². The lowest BCUT2D eigenvalue weighted by molar-refractivity contribution is 1.01. The Kier molecular flexibility index (Phi) is 3.49. The summed E-state index contributed by atoms with van der Waals surface area (Å²) >= 11 is 5.00. The summed E-state index contributed by atoms with van der Waals surface area (Å²) < 4.78 is 0. The van der Waals surface area contributed by atoms with Crippen LogP contribution >= 0.6 is 34.4 Å². The van der Waals surface area contributed by atoms with Crippen molar-refractivity contribution in [1.29, 1.82) is 0 Å². The van der Waals surface area contributed by atoms with Crippen LogP contribution in [-0.4, -0.2) is 15.7 Å². The van der Waals surface area contributed by atoms with Crippen molar-refractivity contribution in [3.8, 4) is 0 Å². The molecule has 92 valence electrons. The monoisotopic (exact) mass is 293 g/mol. The maximum Gasteiger partial charge on any atom is 0.190 e. The second-order valence-corrected chi connectivity index (χ2v) is 6.50. The molecule has 2 N–H and O–H groups in total. The summed E-state index contributed by atoms with van der Waals surface area (Å²) in [4.78, 5) is 9.81. The molecule has 6 heteroatoms. The highest BCUT2D eigenvalue weighted by molar-refractivity contribution is 7.99. The molecule has 3 heterocycles. The first kappa shape index (κ1) is 12.0. The maximum atomic E-state index is 5.91. The van der Waals surface area contributed by atoms with Crippen molar-refractivity contribution < 1.29 is 0 Å². The van der Waals surface area contributed by atoms with Gasteiger partial charge in [0, 0.05) is 5.75 Å². The van der Waals surface area contributed by atoms with E-state index in [4.69, 9.17) is 5.73 Å². The highest BCUT2D eigenvalue weighted by atomic mass is 32.2. The molecule has 0 aliphatic heterocycles. The second kappa shape index (κ2) is 5.26. The van der Waals surface area contributed by atoms with Crippen LogP contribution in [0.2, 0.25) is 0 Å². The zero-order chi connectivity index (χ0) is 12.4. The zero-order valence-electron chi connectivity index (χ0n) is 9.50. The van der Waals surface area contributed by atoms with Crippen molar-refractivity contribution in [2.45, 2.75) is 11.6 Å². The van der Waals surface area contributed by atoms with Crippen molar-refractivity contribution in [2.75, 3.05) is 11.5 Å². The Labute approximate surface area is 117 Å². The zero-order valence-corrected chi connectivity index (χ0v) is 11.9. The van der Waals surface area contributed by atoms with Crippen LogP contribution in [0.1, 0.15) is 5.56 Å². The fraction of sp³-hybridized carbons (Fsp3) is 0.167. The van der Waals surface area contributed by atoms with Gasteiger partial charge in [-0.15, -0.1) is 11.3 Å². The summed E-state index contributed by atoms with van der Waals surface area (Å²) in [6, 6.07) is 4.12. The number of rotatable bonds is 4. The first-order valence-electron chi connectivity index (χ1n) is 5.47. The van der Waals surface area contributed by atoms with Gasteiger partial charge in [0.05, 0.1) is 5.39 Å². The lowest BCUT2D eigenvalue weighted by Gasteiger charge is -2.01. The average molecular weight is 293 g/mol. The Hall–Kier alpha value is -1.11. The minimum absolute atomic E-state index is 0.583. The van der Waals surface area contributed by atoms with Crippen molar-refractivity contribution in [3.05, 3.63) is 33.8 Å². The van der Waals surface area contributed by atoms with Gasteiger partial charge in [0.2, 0.25) is 0 Å². The third kappa shape index (κ3) is 2.50. The lowest BCUT2D eigenvalue weighted by atomic mass is 10.3. The molecule has 0 atom stereocenters. The molecule has 0 unspecified atom stereocenters. The third-order valence-corrected chi connectivity index (χ3v) is 4.92. The van der Waals surface area contributed by atoms with Crippen LogP contribution in [0.15, 0.2) is 33.4 Å². The summed E-state index contributed by atoms with van der Waals surface area (Å²) in [5, 5.41) is 8.01. The van der Waals surface area contributed by atoms with Crippen molar-refractivity contribution >= 4 is 50.5 Å². The molecule has 3 rings (SSSR count). The van der Waals surface area contributed by atoms with E-state index < -0.39 is 0 Å². The van der Waals surface area contributed by atoms with Gasteiger partial charge >= 0.3 is 0 Å². The SMILES string of the molecule is Nc1nc(SCCc2ccsc2)nc2sccc12. The quantitative estimate of drug-likeness (QED) is 0.589. The van der Waals surface area contributed by atoms with Crippen LogP contribution in [0.4, 0.5) is 5.82 Å². The minimum atomic E-state index is 0.583. The highest BCUT2D eigenvalue weighted by Gasteiger charge is 2.06. The van der Waals surface area contributed by atoms with E-state index >= 15 is 0 Å². The number of aromatic nitrogens is 2. The molecule has 0 radical (unpaired) electrons. The molecular formula is C12H11N3S3. The van der Waals surface area contributed by atoms with Crippen LogP contribution in [-0.2, 0) is 6.42 Å². The molecule has 0 aliphatic rings. The Balaban J connectivity index is 1.70. The molecule has 0 bridgehead atoms. The molecule has 0 saturated heterocycles. The Morgan fingerprint density at radius 3 is 3.00 bits per heavy atom. The molecule has 0 fully saturated rings. The third-order valence-electron chi connectivity index (χ3n) is 2.54. The van der Waals surface area contributed by atoms with Gasteiger partial charge in [-0.05, 0) is 40.3 Å². The number of nitrogen functional groups attached to an aromatic ring is 1. The van der Waals surface area contributed by atoms with E-state index in [9.17, 15) is 0 Å². The van der Waals surface area contributed by atoms with Crippen LogP contribution in [0, 0.1) is 0 Å². The standard InChI is InChI=1S/C12H11N3S3/c13-10-9-3-6-17-11(9)15-12(14-10)18-5-2-8-1-4-16-7-8/h1,3-4,6-7H,2,5H2,(H2,13,14,15). The van der Waals surface area contributed by atoms with Crippen LogP contribution < -0.4 is 5.73 Å². The normalized spacial score (nSPS) is 11.1. The fourth-order valence-corrected chi connectivity index (χ4v) is 3.99. The Morgan fingerprint density at radius 1 is 1.22 bits per heavy atom. The number of thioether (sulfide) groups is 1. The first-order chi connectivity index (χ1) is 8.83. The van der Waals surface area contributed by atoms with Gasteiger partial charge in [0.1, 0.15) is 10.6 Å². The molecular weight excluding hydrogens is 282 g/mol. The van der Waals surface area contributed by atoms with E-state index in [0.717, 1.165) is 27.5 Å². The van der Waals surface area contributed by atoms with Gasteiger partial charge in [-0.1, -0.05) is 11.8 Å². The number of fused-ring (bicyclic) bond motifs is 1. The Bertz CT molecular complexity index is 646. The van der Waals surface area contributed by atoms with E-state index in [2.05, 4.69) is 26.8 Å². The van der Waals surface area contributed by atoms with Crippen molar-refractivity contribution in [3.63, 3.8) is 0 Å². The van der Waals surface area contributed by atoms with Crippen LogP contribution in [0.5, 0.6) is 0 Å². The summed E-state index contributed by atoms with van der Waals surface area (Å²) in [7, 11) is 0. The lowest BCUT2D eigenvalue weighted by Crippen LogP contribution is -1.96. The Morgan fingerprint density at radius 2 is 2.17 bits per heavy atom. The molecule has 0 saturated carbocycles. The summed E-state index contributed by atoms with van der Waals surface area (Å²) in [6.07, 6.45) is 1.04. The number of thiophene rings is 2. The highest BCUT2D eigenvalue weighted by Crippen LogP contribution is 2.26. The topological polar surface area (TPSA) is 51.8 Å². The number of aryl methyl sites for hydroxylation is 1. The second-order valence-electron chi connectivity index (χ2n) is 3.76. The maximum absolute atomic E-state index is 5.91. The van der Waals surface area contributed by atoms with E-state index in [1.54, 1.807) is 34.4 Å². The molecule has 0 spiro atoms. The van der Waals surface area contributed by atoms with E-state index in [-0.39, 0.29) is 0 Å². The minimum Gasteiger partial charge on any atom is -0.383 e. The van der Waals surface area contributed by atoms with Gasteiger partial charge in [0.15, 0.2) is 5.16 Å². The molecule has 18 heavy (non-hydrogen) atoms. The molecule has 0 amide bonds. The molecule has 3 aromatic rings. The van der Waals surface area contributed by atoms with Gasteiger partial charge in [-0.3, -0.25) is 0 Å². The number of nitrogens with zero attached hydrogens (tertiary/aromatic N) is 2. The summed E-state index contributed by atoms with van der Waals surface area (Å²) in [5.74, 6) is 1.56. The van der Waals surface area contributed by atoms with E-state index in [1.807, 2.05) is 11.4 Å². The van der Waals surface area contributed by atoms with Gasteiger partial charge in [-0.25, -0.2) is 9.97 Å². The molecule has 3 nitrogen and oxygen atoms in total. The predicted octanol–water partition coefficient (Wildman–Crippen LogP) is 3.67. The predicted molar refractivity (Wildman–Crippen MR) is 80.6 cm³/mol. The van der Waals surface area contributed by atoms with Crippen molar-refractivity contribution in [1.82, 2.24) is 9.97 Å². The number of hydrogen-bond donors (Lipinski definition) is 1. The van der Waals surface area contributed by atoms with Crippen LogP contribution in [0.25, 0.3) is 10.2 Å². The number of nitrogens with two attached hydrogens (primary N) is 1. The van der Waals surface area contributed by atoms with Crippen molar-refractivity contribution in [2.24, 2.45) is 0 Å².